The lowest BCUT2D eigenvalue weighted by Gasteiger charge is -2.31. The summed E-state index contributed by atoms with van der Waals surface area (Å²) in [5, 5.41) is 0.606. The second-order valence-electron chi connectivity index (χ2n) is 7.47. The third kappa shape index (κ3) is 3.06. The van der Waals surface area contributed by atoms with Crippen LogP contribution in [0, 0.1) is 0 Å². The number of hydrogen-bond donors (Lipinski definition) is 0. The molecular formula is C21H20ClNO4. The maximum absolute atomic E-state index is 13.1. The Morgan fingerprint density at radius 1 is 1.19 bits per heavy atom. The van der Waals surface area contributed by atoms with Crippen molar-refractivity contribution in [1.29, 1.82) is 0 Å². The van der Waals surface area contributed by atoms with E-state index in [2.05, 4.69) is 0 Å². The smallest absolute Gasteiger partial charge is 0.339 e. The lowest BCUT2D eigenvalue weighted by Crippen LogP contribution is -2.49. The third-order valence-corrected chi connectivity index (χ3v) is 5.40. The fourth-order valence-electron chi connectivity index (χ4n) is 3.83. The fourth-order valence-corrected chi connectivity index (χ4v) is 3.95. The second-order valence-corrected chi connectivity index (χ2v) is 7.91. The number of ether oxygens (including phenoxy) is 2. The van der Waals surface area contributed by atoms with Gasteiger partial charge in [0.25, 0.3) is 5.91 Å². The number of fused-ring (bicyclic) bond motifs is 2. The Bertz CT molecular complexity index is 909. The Labute approximate surface area is 162 Å². The van der Waals surface area contributed by atoms with Gasteiger partial charge >= 0.3 is 5.97 Å². The van der Waals surface area contributed by atoms with Crippen molar-refractivity contribution in [3.63, 3.8) is 0 Å². The first-order chi connectivity index (χ1) is 12.8. The van der Waals surface area contributed by atoms with Crippen LogP contribution < -0.4 is 4.74 Å². The van der Waals surface area contributed by atoms with E-state index in [0.717, 1.165) is 5.56 Å². The van der Waals surface area contributed by atoms with Crippen LogP contribution in [-0.2, 0) is 15.1 Å². The summed E-state index contributed by atoms with van der Waals surface area (Å²) in [7, 11) is 0. The molecule has 1 amide bonds. The van der Waals surface area contributed by atoms with Crippen LogP contribution >= 0.6 is 11.6 Å². The second kappa shape index (κ2) is 6.27. The highest BCUT2D eigenvalue weighted by atomic mass is 35.5. The van der Waals surface area contributed by atoms with Gasteiger partial charge in [-0.1, -0.05) is 29.8 Å². The minimum absolute atomic E-state index is 0.144. The number of esters is 1. The van der Waals surface area contributed by atoms with E-state index in [1.807, 2.05) is 18.2 Å². The van der Waals surface area contributed by atoms with Crippen molar-refractivity contribution < 1.29 is 19.1 Å². The van der Waals surface area contributed by atoms with Gasteiger partial charge in [0, 0.05) is 23.6 Å². The summed E-state index contributed by atoms with van der Waals surface area (Å²) < 4.78 is 11.6. The molecule has 1 atom stereocenters. The molecule has 0 aliphatic carbocycles. The summed E-state index contributed by atoms with van der Waals surface area (Å²) in [6.07, 6.45) is 0.582. The average molecular weight is 386 g/mol. The molecule has 6 heteroatoms. The number of carbonyl (C=O) groups excluding carboxylic acids is 2. The minimum atomic E-state index is -1.05. The van der Waals surface area contributed by atoms with Gasteiger partial charge in [-0.15, -0.1) is 0 Å². The number of hydrogen-bond acceptors (Lipinski definition) is 4. The highest BCUT2D eigenvalue weighted by molar-refractivity contribution is 6.30. The summed E-state index contributed by atoms with van der Waals surface area (Å²) in [6.45, 7) is 4.32. The van der Waals surface area contributed by atoms with Crippen LogP contribution in [0.5, 0.6) is 5.75 Å². The topological polar surface area (TPSA) is 55.8 Å². The number of carbonyl (C=O) groups is 2. The van der Waals surface area contributed by atoms with E-state index in [-0.39, 0.29) is 11.9 Å². The number of amides is 1. The zero-order valence-electron chi connectivity index (χ0n) is 15.2. The Morgan fingerprint density at radius 3 is 2.63 bits per heavy atom. The molecule has 0 aromatic heterocycles. The van der Waals surface area contributed by atoms with Crippen LogP contribution in [-0.4, -0.2) is 35.5 Å². The number of rotatable bonds is 3. The van der Waals surface area contributed by atoms with Gasteiger partial charge in [0.1, 0.15) is 5.75 Å². The molecule has 2 aromatic carbocycles. The fraction of sp³-hybridized carbons (Fsp3) is 0.333. The van der Waals surface area contributed by atoms with Crippen LogP contribution in [0.3, 0.4) is 0 Å². The molecule has 0 unspecified atom stereocenters. The molecule has 2 aliphatic heterocycles. The van der Waals surface area contributed by atoms with Crippen molar-refractivity contribution in [3.8, 4) is 5.75 Å². The third-order valence-electron chi connectivity index (χ3n) is 5.15. The number of likely N-dealkylation sites (tertiary alicyclic amines) is 1. The molecule has 1 spiro atoms. The van der Waals surface area contributed by atoms with Gasteiger partial charge < -0.3 is 14.4 Å². The molecule has 2 heterocycles. The quantitative estimate of drug-likeness (QED) is 0.754. The predicted octanol–water partition coefficient (Wildman–Crippen LogP) is 3.80. The highest BCUT2D eigenvalue weighted by Gasteiger charge is 2.52. The molecule has 2 aromatic rings. The largest absolute Gasteiger partial charge is 0.478 e. The van der Waals surface area contributed by atoms with Crippen molar-refractivity contribution in [2.75, 3.05) is 13.1 Å². The van der Waals surface area contributed by atoms with Crippen molar-refractivity contribution >= 4 is 23.5 Å². The predicted molar refractivity (Wildman–Crippen MR) is 101 cm³/mol. The van der Waals surface area contributed by atoms with Crippen LogP contribution in [0.4, 0.5) is 0 Å². The van der Waals surface area contributed by atoms with Crippen LogP contribution in [0.1, 0.15) is 36.2 Å². The Kier molecular flexibility index (Phi) is 4.15. The van der Waals surface area contributed by atoms with Crippen molar-refractivity contribution in [2.24, 2.45) is 0 Å². The highest BCUT2D eigenvalue weighted by Crippen LogP contribution is 2.43. The Morgan fingerprint density at radius 2 is 1.89 bits per heavy atom. The molecule has 27 heavy (non-hydrogen) atoms. The van der Waals surface area contributed by atoms with E-state index in [0.29, 0.717) is 35.8 Å². The van der Waals surface area contributed by atoms with Crippen LogP contribution in [0.2, 0.25) is 5.02 Å². The lowest BCUT2D eigenvalue weighted by molar-refractivity contribution is -0.145. The van der Waals surface area contributed by atoms with Gasteiger partial charge in [0.15, 0.2) is 11.2 Å². The standard InChI is InChI=1S/C21H20ClNO4/c1-20(2,26-15-9-7-14(22)8-10-15)19(25)23-12-11-21(13-23)17-6-4-3-5-16(17)18(24)27-21/h3-10H,11-13H2,1-2H3/t21-/m0/s1. The molecule has 4 rings (SSSR count). The zero-order valence-corrected chi connectivity index (χ0v) is 16.0. The van der Waals surface area contributed by atoms with E-state index in [9.17, 15) is 9.59 Å². The van der Waals surface area contributed by atoms with E-state index in [1.54, 1.807) is 49.1 Å². The lowest BCUT2D eigenvalue weighted by atomic mass is 9.91. The number of halogens is 1. The first-order valence-corrected chi connectivity index (χ1v) is 9.25. The molecule has 0 N–H and O–H groups in total. The maximum Gasteiger partial charge on any atom is 0.339 e. The van der Waals surface area contributed by atoms with Crippen molar-refractivity contribution in [3.05, 3.63) is 64.7 Å². The van der Waals surface area contributed by atoms with Gasteiger partial charge in [0.05, 0.1) is 12.1 Å². The van der Waals surface area contributed by atoms with Gasteiger partial charge in [-0.2, -0.15) is 0 Å². The van der Waals surface area contributed by atoms with Gasteiger partial charge in [-0.05, 0) is 44.2 Å². The first-order valence-electron chi connectivity index (χ1n) is 8.88. The van der Waals surface area contributed by atoms with E-state index in [4.69, 9.17) is 21.1 Å². The summed E-state index contributed by atoms with van der Waals surface area (Å²) >= 11 is 5.90. The molecule has 0 saturated carbocycles. The van der Waals surface area contributed by atoms with E-state index in [1.165, 1.54) is 0 Å². The number of benzene rings is 2. The molecule has 140 valence electrons. The maximum atomic E-state index is 13.1. The molecule has 1 saturated heterocycles. The normalized spacial score (nSPS) is 21.3. The molecule has 2 aliphatic rings. The van der Waals surface area contributed by atoms with Crippen LogP contribution in [0.15, 0.2) is 48.5 Å². The Hall–Kier alpha value is -2.53. The van der Waals surface area contributed by atoms with Crippen molar-refractivity contribution in [1.82, 2.24) is 4.90 Å². The molecule has 0 radical (unpaired) electrons. The van der Waals surface area contributed by atoms with Crippen molar-refractivity contribution in [2.45, 2.75) is 31.5 Å². The van der Waals surface area contributed by atoms with E-state index < -0.39 is 11.2 Å². The minimum Gasteiger partial charge on any atom is -0.478 e. The average Bonchev–Trinajstić information content (AvgIpc) is 3.19. The van der Waals surface area contributed by atoms with Gasteiger partial charge in [-0.3, -0.25) is 4.79 Å². The molecular weight excluding hydrogens is 366 g/mol. The summed E-state index contributed by atoms with van der Waals surface area (Å²) in [4.78, 5) is 27.0. The van der Waals surface area contributed by atoms with E-state index >= 15 is 0 Å². The van der Waals surface area contributed by atoms with Gasteiger partial charge in [0.2, 0.25) is 0 Å². The summed E-state index contributed by atoms with van der Waals surface area (Å²) in [5.74, 6) is 0.107. The monoisotopic (exact) mass is 385 g/mol. The van der Waals surface area contributed by atoms with Crippen LogP contribution in [0.25, 0.3) is 0 Å². The molecule has 1 fully saturated rings. The number of nitrogens with zero attached hydrogens (tertiary/aromatic N) is 1. The summed E-state index contributed by atoms with van der Waals surface area (Å²) in [6, 6.07) is 14.3. The molecule has 5 nitrogen and oxygen atoms in total. The zero-order chi connectivity index (χ0) is 19.2. The Balaban J connectivity index is 1.52. The SMILES string of the molecule is CC(C)(Oc1ccc(Cl)cc1)C(=O)N1CC[C@@]2(C1)OC(=O)c1ccccc12. The summed E-state index contributed by atoms with van der Waals surface area (Å²) in [5.41, 5.74) is -0.355. The first kappa shape index (κ1) is 17.9. The molecule has 0 bridgehead atoms. The van der Waals surface area contributed by atoms with Gasteiger partial charge in [-0.25, -0.2) is 4.79 Å².